The second-order valence-electron chi connectivity index (χ2n) is 6.79. The van der Waals surface area contributed by atoms with Crippen LogP contribution in [0, 0.1) is 6.92 Å². The number of rotatable bonds is 7. The molecule has 0 aromatic heterocycles. The summed E-state index contributed by atoms with van der Waals surface area (Å²) < 4.78 is 6.50. The van der Waals surface area contributed by atoms with Crippen molar-refractivity contribution in [3.05, 3.63) is 87.9 Å². The zero-order valence-corrected chi connectivity index (χ0v) is 18.5. The van der Waals surface area contributed by atoms with Crippen molar-refractivity contribution in [2.24, 2.45) is 0 Å². The number of hydrogen-bond acceptors (Lipinski definition) is 3. The van der Waals surface area contributed by atoms with Crippen molar-refractivity contribution >= 4 is 39.1 Å². The van der Waals surface area contributed by atoms with Crippen LogP contribution in [0.5, 0.6) is 5.75 Å². The van der Waals surface area contributed by atoms with Crippen LogP contribution >= 0.6 is 15.9 Å². The SMILES string of the molecule is CCCOc1ccc(Br)cc1C(=O)Nc1ccc(NC(=O)c2ccccc2)c(C)c1. The summed E-state index contributed by atoms with van der Waals surface area (Å²) in [6.07, 6.45) is 0.854. The zero-order chi connectivity index (χ0) is 21.5. The maximum atomic E-state index is 12.8. The van der Waals surface area contributed by atoms with Gasteiger partial charge in [0, 0.05) is 21.4 Å². The van der Waals surface area contributed by atoms with E-state index in [0.29, 0.717) is 34.9 Å². The van der Waals surface area contributed by atoms with Crippen LogP contribution in [0.3, 0.4) is 0 Å². The molecule has 3 aromatic rings. The third-order valence-corrected chi connectivity index (χ3v) is 4.91. The molecule has 0 aliphatic carbocycles. The van der Waals surface area contributed by atoms with Crippen molar-refractivity contribution in [1.29, 1.82) is 0 Å². The van der Waals surface area contributed by atoms with Crippen LogP contribution in [-0.4, -0.2) is 18.4 Å². The molecule has 0 heterocycles. The highest BCUT2D eigenvalue weighted by molar-refractivity contribution is 9.10. The van der Waals surface area contributed by atoms with Crippen molar-refractivity contribution in [2.45, 2.75) is 20.3 Å². The first-order chi connectivity index (χ1) is 14.5. The van der Waals surface area contributed by atoms with E-state index in [1.807, 2.05) is 44.2 Å². The third-order valence-electron chi connectivity index (χ3n) is 4.42. The lowest BCUT2D eigenvalue weighted by Crippen LogP contribution is -2.15. The monoisotopic (exact) mass is 466 g/mol. The van der Waals surface area contributed by atoms with Gasteiger partial charge >= 0.3 is 0 Å². The van der Waals surface area contributed by atoms with Crippen molar-refractivity contribution < 1.29 is 14.3 Å². The molecule has 2 amide bonds. The molecular weight excluding hydrogens is 444 g/mol. The molecule has 0 atom stereocenters. The second kappa shape index (κ2) is 10.1. The second-order valence-corrected chi connectivity index (χ2v) is 7.71. The fraction of sp³-hybridized carbons (Fsp3) is 0.167. The Morgan fingerprint density at radius 1 is 0.933 bits per heavy atom. The highest BCUT2D eigenvalue weighted by Gasteiger charge is 2.15. The first kappa shape index (κ1) is 21.6. The quantitative estimate of drug-likeness (QED) is 0.445. The largest absolute Gasteiger partial charge is 0.493 e. The Morgan fingerprint density at radius 3 is 2.40 bits per heavy atom. The van der Waals surface area contributed by atoms with E-state index in [4.69, 9.17) is 4.74 Å². The predicted octanol–water partition coefficient (Wildman–Crippen LogP) is 6.05. The van der Waals surface area contributed by atoms with E-state index in [-0.39, 0.29) is 11.8 Å². The molecule has 0 saturated carbocycles. The van der Waals surface area contributed by atoms with Gasteiger partial charge in [0.05, 0.1) is 12.2 Å². The lowest BCUT2D eigenvalue weighted by Gasteiger charge is -2.13. The Labute approximate surface area is 184 Å². The van der Waals surface area contributed by atoms with Gasteiger partial charge in [-0.05, 0) is 67.4 Å². The third kappa shape index (κ3) is 5.48. The Bertz CT molecular complexity index is 1050. The van der Waals surface area contributed by atoms with E-state index in [9.17, 15) is 9.59 Å². The van der Waals surface area contributed by atoms with Gasteiger partial charge in [0.25, 0.3) is 11.8 Å². The fourth-order valence-corrected chi connectivity index (χ4v) is 3.24. The van der Waals surface area contributed by atoms with Gasteiger partial charge in [-0.1, -0.05) is 41.1 Å². The Kier molecular flexibility index (Phi) is 7.25. The minimum absolute atomic E-state index is 0.178. The maximum Gasteiger partial charge on any atom is 0.259 e. The van der Waals surface area contributed by atoms with Gasteiger partial charge in [0.2, 0.25) is 0 Å². The first-order valence-corrected chi connectivity index (χ1v) is 10.5. The van der Waals surface area contributed by atoms with Gasteiger partial charge in [-0.15, -0.1) is 0 Å². The molecule has 5 nitrogen and oxygen atoms in total. The van der Waals surface area contributed by atoms with E-state index in [1.165, 1.54) is 0 Å². The smallest absolute Gasteiger partial charge is 0.259 e. The fourth-order valence-electron chi connectivity index (χ4n) is 2.88. The summed E-state index contributed by atoms with van der Waals surface area (Å²) in [5, 5.41) is 5.80. The van der Waals surface area contributed by atoms with Crippen molar-refractivity contribution in [2.75, 3.05) is 17.2 Å². The normalized spacial score (nSPS) is 10.4. The molecule has 30 heavy (non-hydrogen) atoms. The van der Waals surface area contributed by atoms with Gasteiger partial charge in [-0.2, -0.15) is 0 Å². The molecule has 0 spiro atoms. The van der Waals surface area contributed by atoms with Crippen LogP contribution in [0.15, 0.2) is 71.2 Å². The van der Waals surface area contributed by atoms with Crippen LogP contribution in [0.25, 0.3) is 0 Å². The number of carbonyl (C=O) groups is 2. The molecule has 2 N–H and O–H groups in total. The van der Waals surface area contributed by atoms with Crippen LogP contribution in [0.1, 0.15) is 39.6 Å². The average molecular weight is 467 g/mol. The summed E-state index contributed by atoms with van der Waals surface area (Å²) >= 11 is 3.41. The number of amides is 2. The van der Waals surface area contributed by atoms with Crippen LogP contribution in [0.2, 0.25) is 0 Å². The number of halogens is 1. The van der Waals surface area contributed by atoms with Gasteiger partial charge in [-0.3, -0.25) is 9.59 Å². The van der Waals surface area contributed by atoms with E-state index in [1.54, 1.807) is 36.4 Å². The standard InChI is InChI=1S/C24H23BrN2O3/c1-3-13-30-22-12-9-18(25)15-20(22)24(29)26-19-10-11-21(16(2)14-19)27-23(28)17-7-5-4-6-8-17/h4-12,14-15H,3,13H2,1-2H3,(H,26,29)(H,27,28). The molecule has 0 aliphatic rings. The minimum atomic E-state index is -0.261. The Balaban J connectivity index is 1.74. The predicted molar refractivity (Wildman–Crippen MR) is 123 cm³/mol. The van der Waals surface area contributed by atoms with Crippen LogP contribution in [0.4, 0.5) is 11.4 Å². The molecule has 0 fully saturated rings. The van der Waals surface area contributed by atoms with Crippen LogP contribution in [-0.2, 0) is 0 Å². The van der Waals surface area contributed by atoms with E-state index in [2.05, 4.69) is 26.6 Å². The lowest BCUT2D eigenvalue weighted by atomic mass is 10.1. The molecule has 0 aliphatic heterocycles. The van der Waals surface area contributed by atoms with E-state index in [0.717, 1.165) is 16.5 Å². The maximum absolute atomic E-state index is 12.8. The van der Waals surface area contributed by atoms with E-state index >= 15 is 0 Å². The van der Waals surface area contributed by atoms with Crippen molar-refractivity contribution in [3.8, 4) is 5.75 Å². The summed E-state index contributed by atoms with van der Waals surface area (Å²) in [5.41, 5.74) is 3.21. The lowest BCUT2D eigenvalue weighted by molar-refractivity contribution is 0.101. The molecular formula is C24H23BrN2O3. The zero-order valence-electron chi connectivity index (χ0n) is 16.9. The van der Waals surface area contributed by atoms with E-state index < -0.39 is 0 Å². The summed E-state index contributed by atoms with van der Waals surface area (Å²) in [6, 6.07) is 19.7. The molecule has 0 bridgehead atoms. The number of nitrogens with one attached hydrogen (secondary N) is 2. The highest BCUT2D eigenvalue weighted by Crippen LogP contribution is 2.26. The number of hydrogen-bond donors (Lipinski definition) is 2. The van der Waals surface area contributed by atoms with Gasteiger partial charge in [0.1, 0.15) is 5.75 Å². The molecule has 0 unspecified atom stereocenters. The molecule has 3 rings (SSSR count). The highest BCUT2D eigenvalue weighted by atomic mass is 79.9. The molecule has 0 saturated heterocycles. The number of anilines is 2. The van der Waals surface area contributed by atoms with Crippen molar-refractivity contribution in [1.82, 2.24) is 0 Å². The van der Waals surface area contributed by atoms with Crippen LogP contribution < -0.4 is 15.4 Å². The molecule has 154 valence electrons. The Hall–Kier alpha value is -3.12. The molecule has 0 radical (unpaired) electrons. The summed E-state index contributed by atoms with van der Waals surface area (Å²) in [7, 11) is 0. The summed E-state index contributed by atoms with van der Waals surface area (Å²) in [4.78, 5) is 25.2. The average Bonchev–Trinajstić information content (AvgIpc) is 2.75. The summed E-state index contributed by atoms with van der Waals surface area (Å²) in [6.45, 7) is 4.43. The van der Waals surface area contributed by atoms with Gasteiger partial charge < -0.3 is 15.4 Å². The number of carbonyl (C=O) groups excluding carboxylic acids is 2. The number of benzene rings is 3. The first-order valence-electron chi connectivity index (χ1n) is 9.68. The number of ether oxygens (including phenoxy) is 1. The molecule has 6 heteroatoms. The summed E-state index contributed by atoms with van der Waals surface area (Å²) in [5.74, 6) is 0.103. The van der Waals surface area contributed by atoms with Gasteiger partial charge in [-0.25, -0.2) is 0 Å². The minimum Gasteiger partial charge on any atom is -0.493 e. The Morgan fingerprint density at radius 2 is 1.70 bits per heavy atom. The molecule has 3 aromatic carbocycles. The number of aryl methyl sites for hydroxylation is 1. The van der Waals surface area contributed by atoms with Gasteiger partial charge in [0.15, 0.2) is 0 Å². The van der Waals surface area contributed by atoms with Crippen molar-refractivity contribution in [3.63, 3.8) is 0 Å². The topological polar surface area (TPSA) is 67.4 Å².